The maximum Gasteiger partial charge on any atom is 0.262 e. The van der Waals surface area contributed by atoms with E-state index in [9.17, 15) is 4.79 Å². The third-order valence-electron chi connectivity index (χ3n) is 6.34. The highest BCUT2D eigenvalue weighted by atomic mass is 32.2. The van der Waals surface area contributed by atoms with Crippen molar-refractivity contribution in [2.45, 2.75) is 49.5 Å². The second kappa shape index (κ2) is 9.55. The van der Waals surface area contributed by atoms with Crippen molar-refractivity contribution in [3.05, 3.63) is 70.5 Å². The van der Waals surface area contributed by atoms with Crippen LogP contribution in [0.25, 0.3) is 10.9 Å². The number of hydrogen-bond acceptors (Lipinski definition) is 5. The summed E-state index contributed by atoms with van der Waals surface area (Å²) in [6.45, 7) is 3.56. The van der Waals surface area contributed by atoms with Crippen molar-refractivity contribution in [2.24, 2.45) is 0 Å². The highest BCUT2D eigenvalue weighted by molar-refractivity contribution is 7.99. The first kappa shape index (κ1) is 20.7. The maximum atomic E-state index is 13.3. The number of thioether (sulfide) groups is 1. The number of hydrogen-bond donors (Lipinski definition) is 0. The molecule has 2 fully saturated rings. The molecule has 0 N–H and O–H groups in total. The number of nitrogens with zero attached hydrogens (tertiary/aromatic N) is 3. The smallest absolute Gasteiger partial charge is 0.262 e. The lowest BCUT2D eigenvalue weighted by molar-refractivity contribution is -0.0187. The van der Waals surface area contributed by atoms with Gasteiger partial charge >= 0.3 is 0 Å². The number of rotatable bonds is 6. The molecule has 31 heavy (non-hydrogen) atoms. The third-order valence-corrected chi connectivity index (χ3v) is 7.42. The van der Waals surface area contributed by atoms with Crippen molar-refractivity contribution >= 4 is 22.7 Å². The minimum atomic E-state index is 0.107. The van der Waals surface area contributed by atoms with E-state index in [4.69, 9.17) is 9.72 Å². The predicted molar refractivity (Wildman–Crippen MR) is 126 cm³/mol. The maximum absolute atomic E-state index is 13.3. The Bertz CT molecular complexity index is 1080. The Morgan fingerprint density at radius 3 is 2.65 bits per heavy atom. The topological polar surface area (TPSA) is 47.4 Å². The van der Waals surface area contributed by atoms with E-state index >= 15 is 0 Å². The Balaban J connectivity index is 1.33. The molecular formula is C25H29N3O2S. The molecule has 2 aliphatic rings. The van der Waals surface area contributed by atoms with Crippen LogP contribution in [0.3, 0.4) is 0 Å². The number of fused-ring (bicyclic) bond motifs is 1. The van der Waals surface area contributed by atoms with Gasteiger partial charge in [0.1, 0.15) is 0 Å². The van der Waals surface area contributed by atoms with Crippen LogP contribution in [0.5, 0.6) is 0 Å². The Hall–Kier alpha value is -2.15. The van der Waals surface area contributed by atoms with Gasteiger partial charge in [0.15, 0.2) is 5.16 Å². The number of para-hydroxylation sites is 1. The van der Waals surface area contributed by atoms with Crippen LogP contribution in [0, 0.1) is 0 Å². The minimum absolute atomic E-state index is 0.107. The summed E-state index contributed by atoms with van der Waals surface area (Å²) in [4.78, 5) is 20.7. The van der Waals surface area contributed by atoms with Gasteiger partial charge in [-0.1, -0.05) is 67.1 Å². The van der Waals surface area contributed by atoms with Gasteiger partial charge in [-0.2, -0.15) is 0 Å². The molecule has 0 spiro atoms. The minimum Gasteiger partial charge on any atom is -0.375 e. The molecule has 2 aromatic carbocycles. The average molecular weight is 436 g/mol. The van der Waals surface area contributed by atoms with Crippen molar-refractivity contribution in [1.82, 2.24) is 14.5 Å². The van der Waals surface area contributed by atoms with E-state index in [-0.39, 0.29) is 17.7 Å². The lowest BCUT2D eigenvalue weighted by atomic mass is 10.2. The summed E-state index contributed by atoms with van der Waals surface area (Å²) in [6.07, 6.45) is 4.65. The van der Waals surface area contributed by atoms with Crippen LogP contribution in [0.4, 0.5) is 0 Å². The lowest BCUT2D eigenvalue weighted by Gasteiger charge is -2.33. The van der Waals surface area contributed by atoms with E-state index in [1.165, 1.54) is 18.4 Å². The van der Waals surface area contributed by atoms with E-state index in [1.807, 2.05) is 28.8 Å². The van der Waals surface area contributed by atoms with Crippen molar-refractivity contribution in [3.8, 4) is 0 Å². The van der Waals surface area contributed by atoms with Gasteiger partial charge in [0.2, 0.25) is 0 Å². The zero-order valence-corrected chi connectivity index (χ0v) is 18.6. The number of ether oxygens (including phenoxy) is 1. The molecule has 1 aliphatic heterocycles. The predicted octanol–water partition coefficient (Wildman–Crippen LogP) is 4.50. The molecule has 0 bridgehead atoms. The van der Waals surface area contributed by atoms with E-state index in [0.717, 1.165) is 60.9 Å². The van der Waals surface area contributed by atoms with Crippen LogP contribution in [0.1, 0.15) is 37.3 Å². The van der Waals surface area contributed by atoms with Gasteiger partial charge in [-0.05, 0) is 30.5 Å². The van der Waals surface area contributed by atoms with Gasteiger partial charge in [-0.25, -0.2) is 4.98 Å². The van der Waals surface area contributed by atoms with E-state index in [1.54, 1.807) is 11.8 Å². The molecule has 162 valence electrons. The Morgan fingerprint density at radius 1 is 1.03 bits per heavy atom. The summed E-state index contributed by atoms with van der Waals surface area (Å²) >= 11 is 1.68. The molecule has 1 saturated carbocycles. The fourth-order valence-corrected chi connectivity index (χ4v) is 5.82. The third kappa shape index (κ3) is 4.71. The normalized spacial score (nSPS) is 20.5. The highest BCUT2D eigenvalue weighted by Crippen LogP contribution is 2.32. The Morgan fingerprint density at radius 2 is 1.81 bits per heavy atom. The standard InChI is InChI=1S/C25H29N3O2S/c29-24-22-12-6-7-13-23(22)26-25(28(24)20-10-4-5-11-20)31-18-21-17-27(14-15-30-21)16-19-8-2-1-3-9-19/h1-3,6-9,12-13,20-21H,4-5,10-11,14-18H2/t21-/m1/s1. The van der Waals surface area contributed by atoms with Crippen molar-refractivity contribution in [3.63, 3.8) is 0 Å². The SMILES string of the molecule is O=c1c2ccccc2nc(SC[C@H]2CN(Cc3ccccc3)CCO2)n1C1CCCC1. The summed E-state index contributed by atoms with van der Waals surface area (Å²) in [6, 6.07) is 18.6. The molecule has 0 amide bonds. The molecule has 2 heterocycles. The Labute approximate surface area is 187 Å². The van der Waals surface area contributed by atoms with Crippen LogP contribution in [-0.2, 0) is 11.3 Å². The van der Waals surface area contributed by atoms with Gasteiger partial charge in [0, 0.05) is 31.4 Å². The molecule has 3 aromatic rings. The van der Waals surface area contributed by atoms with Crippen molar-refractivity contribution in [1.29, 1.82) is 0 Å². The summed E-state index contributed by atoms with van der Waals surface area (Å²) in [5, 5.41) is 1.57. The summed E-state index contributed by atoms with van der Waals surface area (Å²) < 4.78 is 8.05. The monoisotopic (exact) mass is 435 g/mol. The van der Waals surface area contributed by atoms with Crippen molar-refractivity contribution < 1.29 is 4.74 Å². The van der Waals surface area contributed by atoms with Crippen LogP contribution in [0.15, 0.2) is 64.5 Å². The first-order valence-corrected chi connectivity index (χ1v) is 12.3. The number of aromatic nitrogens is 2. The molecule has 1 saturated heterocycles. The van der Waals surface area contributed by atoms with Gasteiger partial charge in [-0.3, -0.25) is 14.3 Å². The molecule has 6 heteroatoms. The average Bonchev–Trinajstić information content (AvgIpc) is 3.33. The first-order chi connectivity index (χ1) is 15.3. The fourth-order valence-electron chi connectivity index (χ4n) is 4.75. The highest BCUT2D eigenvalue weighted by Gasteiger charge is 2.25. The summed E-state index contributed by atoms with van der Waals surface area (Å²) in [5.41, 5.74) is 2.23. The molecule has 5 nitrogen and oxygen atoms in total. The molecule has 1 aliphatic carbocycles. The second-order valence-electron chi connectivity index (χ2n) is 8.55. The molecule has 1 aromatic heterocycles. The molecule has 0 radical (unpaired) electrons. The summed E-state index contributed by atoms with van der Waals surface area (Å²) in [7, 11) is 0. The quantitative estimate of drug-likeness (QED) is 0.421. The van der Waals surface area contributed by atoms with Crippen molar-refractivity contribution in [2.75, 3.05) is 25.4 Å². The largest absolute Gasteiger partial charge is 0.375 e. The second-order valence-corrected chi connectivity index (χ2v) is 9.54. The lowest BCUT2D eigenvalue weighted by Crippen LogP contribution is -2.43. The zero-order valence-electron chi connectivity index (χ0n) is 17.8. The van der Waals surface area contributed by atoms with Crippen LogP contribution in [0.2, 0.25) is 0 Å². The fraction of sp³-hybridized carbons (Fsp3) is 0.440. The van der Waals surface area contributed by atoms with Gasteiger partial charge in [-0.15, -0.1) is 0 Å². The van der Waals surface area contributed by atoms with Gasteiger partial charge in [0.25, 0.3) is 5.56 Å². The summed E-state index contributed by atoms with van der Waals surface area (Å²) in [5.74, 6) is 0.808. The number of morpholine rings is 1. The molecule has 1 atom stereocenters. The number of benzene rings is 2. The van der Waals surface area contributed by atoms with E-state index < -0.39 is 0 Å². The van der Waals surface area contributed by atoms with Gasteiger partial charge in [0.05, 0.1) is 23.6 Å². The van der Waals surface area contributed by atoms with Gasteiger partial charge < -0.3 is 4.74 Å². The zero-order chi connectivity index (χ0) is 21.0. The Kier molecular flexibility index (Phi) is 6.39. The molecule has 5 rings (SSSR count). The molecular weight excluding hydrogens is 406 g/mol. The van der Waals surface area contributed by atoms with E-state index in [0.29, 0.717) is 0 Å². The van der Waals surface area contributed by atoms with Crippen LogP contribution >= 0.6 is 11.8 Å². The van der Waals surface area contributed by atoms with Crippen LogP contribution < -0.4 is 5.56 Å². The van der Waals surface area contributed by atoms with Crippen LogP contribution in [-0.4, -0.2) is 46.0 Å². The van der Waals surface area contributed by atoms with E-state index in [2.05, 4.69) is 35.2 Å². The molecule has 0 unspecified atom stereocenters. The first-order valence-electron chi connectivity index (χ1n) is 11.3.